The second-order valence-corrected chi connectivity index (χ2v) is 7.09. The Morgan fingerprint density at radius 2 is 1.84 bits per heavy atom. The summed E-state index contributed by atoms with van der Waals surface area (Å²) >= 11 is 6.04. The van der Waals surface area contributed by atoms with Crippen LogP contribution in [0.15, 0.2) is 71.8 Å². The molecule has 32 heavy (non-hydrogen) atoms. The molecule has 0 radical (unpaired) electrons. The third-order valence-electron chi connectivity index (χ3n) is 4.25. The molecule has 8 heteroatoms. The van der Waals surface area contributed by atoms with Gasteiger partial charge in [0.05, 0.1) is 23.9 Å². The number of nitrogens with one attached hydrogen (secondary N) is 1. The van der Waals surface area contributed by atoms with Gasteiger partial charge >= 0.3 is 5.97 Å². The fourth-order valence-electron chi connectivity index (χ4n) is 2.70. The summed E-state index contributed by atoms with van der Waals surface area (Å²) < 4.78 is 16.1. The lowest BCUT2D eigenvalue weighted by molar-refractivity contribution is -0.123. The summed E-state index contributed by atoms with van der Waals surface area (Å²) in [6, 6.07) is 18.8. The zero-order valence-corrected chi connectivity index (χ0v) is 18.3. The van der Waals surface area contributed by atoms with E-state index in [1.54, 1.807) is 48.5 Å². The molecule has 0 atom stereocenters. The molecule has 3 rings (SSSR count). The average Bonchev–Trinajstić information content (AvgIpc) is 2.79. The Balaban J connectivity index is 1.58. The molecular formula is C24H21ClN2O5. The van der Waals surface area contributed by atoms with Gasteiger partial charge < -0.3 is 14.2 Å². The molecule has 1 N–H and O–H groups in total. The van der Waals surface area contributed by atoms with Crippen LogP contribution in [0, 0.1) is 6.92 Å². The first-order chi connectivity index (χ1) is 15.5. The molecule has 1 amide bonds. The molecule has 164 valence electrons. The standard InChI is InChI=1S/C24H21ClN2O5/c1-16-6-5-7-18(12-16)31-15-23(28)27-26-14-17-10-11-21(22(13-17)30-2)32-24(29)19-8-3-4-9-20(19)25/h3-14H,15H2,1-2H3,(H,27,28)/b26-14-. The Bertz CT molecular complexity index is 1150. The van der Waals surface area contributed by atoms with Crippen molar-refractivity contribution in [1.82, 2.24) is 5.43 Å². The molecule has 0 heterocycles. The Labute approximate surface area is 190 Å². The number of benzene rings is 3. The number of hydrogen-bond acceptors (Lipinski definition) is 6. The van der Waals surface area contributed by atoms with Crippen LogP contribution >= 0.6 is 11.6 Å². The number of ether oxygens (including phenoxy) is 3. The minimum Gasteiger partial charge on any atom is -0.493 e. The summed E-state index contributed by atoms with van der Waals surface area (Å²) in [5.41, 5.74) is 4.30. The third kappa shape index (κ3) is 6.33. The highest BCUT2D eigenvalue weighted by molar-refractivity contribution is 6.33. The lowest BCUT2D eigenvalue weighted by Crippen LogP contribution is -2.24. The van der Waals surface area contributed by atoms with Gasteiger partial charge in [-0.1, -0.05) is 35.9 Å². The van der Waals surface area contributed by atoms with Crippen LogP contribution in [-0.2, 0) is 4.79 Å². The number of carbonyl (C=O) groups excluding carboxylic acids is 2. The van der Waals surface area contributed by atoms with E-state index in [9.17, 15) is 9.59 Å². The van der Waals surface area contributed by atoms with Crippen molar-refractivity contribution in [3.05, 3.63) is 88.4 Å². The predicted molar refractivity (Wildman–Crippen MR) is 122 cm³/mol. The van der Waals surface area contributed by atoms with Crippen LogP contribution in [-0.4, -0.2) is 31.8 Å². The highest BCUT2D eigenvalue weighted by atomic mass is 35.5. The van der Waals surface area contributed by atoms with Gasteiger partial charge in [-0.2, -0.15) is 5.10 Å². The molecule has 3 aromatic carbocycles. The SMILES string of the molecule is COc1cc(/C=N\NC(=O)COc2cccc(C)c2)ccc1OC(=O)c1ccccc1Cl. The van der Waals surface area contributed by atoms with Gasteiger partial charge in [0.25, 0.3) is 5.91 Å². The number of hydrazone groups is 1. The first-order valence-electron chi connectivity index (χ1n) is 9.62. The van der Waals surface area contributed by atoms with Crippen molar-refractivity contribution < 1.29 is 23.8 Å². The quantitative estimate of drug-likeness (QED) is 0.237. The monoisotopic (exact) mass is 452 g/mol. The molecule has 0 aliphatic rings. The average molecular weight is 453 g/mol. The first kappa shape index (κ1) is 22.8. The summed E-state index contributed by atoms with van der Waals surface area (Å²) in [5.74, 6) is 0.153. The summed E-state index contributed by atoms with van der Waals surface area (Å²) in [6.07, 6.45) is 1.44. The highest BCUT2D eigenvalue weighted by Crippen LogP contribution is 2.29. The van der Waals surface area contributed by atoms with E-state index in [2.05, 4.69) is 10.5 Å². The summed E-state index contributed by atoms with van der Waals surface area (Å²) in [4.78, 5) is 24.3. The van der Waals surface area contributed by atoms with Crippen LogP contribution in [0.25, 0.3) is 0 Å². The first-order valence-corrected chi connectivity index (χ1v) is 10.00. The van der Waals surface area contributed by atoms with Crippen LogP contribution in [0.3, 0.4) is 0 Å². The number of aryl methyl sites for hydroxylation is 1. The van der Waals surface area contributed by atoms with Crippen LogP contribution in [0.2, 0.25) is 5.02 Å². The number of halogens is 1. The zero-order valence-electron chi connectivity index (χ0n) is 17.5. The number of amides is 1. The number of nitrogens with zero attached hydrogens (tertiary/aromatic N) is 1. The van der Waals surface area contributed by atoms with E-state index < -0.39 is 11.9 Å². The number of methoxy groups -OCH3 is 1. The van der Waals surface area contributed by atoms with Crippen molar-refractivity contribution in [2.24, 2.45) is 5.10 Å². The molecule has 0 unspecified atom stereocenters. The Hall–Kier alpha value is -3.84. The molecule has 0 bridgehead atoms. The maximum absolute atomic E-state index is 12.4. The molecule has 0 aliphatic carbocycles. The zero-order chi connectivity index (χ0) is 22.9. The number of esters is 1. The van der Waals surface area contributed by atoms with E-state index in [0.29, 0.717) is 22.1 Å². The smallest absolute Gasteiger partial charge is 0.345 e. The lowest BCUT2D eigenvalue weighted by atomic mass is 10.2. The molecule has 0 spiro atoms. The van der Waals surface area contributed by atoms with Crippen LogP contribution in [0.1, 0.15) is 21.5 Å². The van der Waals surface area contributed by atoms with Crippen LogP contribution in [0.4, 0.5) is 0 Å². The van der Waals surface area contributed by atoms with Gasteiger partial charge in [-0.15, -0.1) is 0 Å². The van der Waals surface area contributed by atoms with Gasteiger partial charge in [0.1, 0.15) is 5.75 Å². The topological polar surface area (TPSA) is 86.2 Å². The van der Waals surface area contributed by atoms with Crippen molar-refractivity contribution in [3.8, 4) is 17.2 Å². The third-order valence-corrected chi connectivity index (χ3v) is 4.58. The van der Waals surface area contributed by atoms with E-state index in [1.165, 1.54) is 13.3 Å². The second-order valence-electron chi connectivity index (χ2n) is 6.68. The summed E-state index contributed by atoms with van der Waals surface area (Å²) in [6.45, 7) is 1.77. The van der Waals surface area contributed by atoms with Gasteiger partial charge in [-0.05, 0) is 60.5 Å². The minimum atomic E-state index is -0.601. The van der Waals surface area contributed by atoms with Gasteiger partial charge in [0.15, 0.2) is 18.1 Å². The fourth-order valence-corrected chi connectivity index (χ4v) is 2.91. The van der Waals surface area contributed by atoms with E-state index in [0.717, 1.165) is 5.56 Å². The van der Waals surface area contributed by atoms with Crippen molar-refractivity contribution in [3.63, 3.8) is 0 Å². The highest BCUT2D eigenvalue weighted by Gasteiger charge is 2.15. The molecular weight excluding hydrogens is 432 g/mol. The molecule has 0 fully saturated rings. The van der Waals surface area contributed by atoms with E-state index in [1.807, 2.05) is 25.1 Å². The van der Waals surface area contributed by atoms with Crippen LogP contribution < -0.4 is 19.6 Å². The molecule has 7 nitrogen and oxygen atoms in total. The number of carbonyl (C=O) groups is 2. The van der Waals surface area contributed by atoms with Gasteiger partial charge in [0, 0.05) is 0 Å². The van der Waals surface area contributed by atoms with E-state index in [4.69, 9.17) is 25.8 Å². The van der Waals surface area contributed by atoms with Gasteiger partial charge in [-0.25, -0.2) is 10.2 Å². The van der Waals surface area contributed by atoms with Crippen molar-refractivity contribution in [2.75, 3.05) is 13.7 Å². The van der Waals surface area contributed by atoms with E-state index >= 15 is 0 Å². The van der Waals surface area contributed by atoms with Gasteiger partial charge in [0.2, 0.25) is 0 Å². The maximum Gasteiger partial charge on any atom is 0.345 e. The number of hydrogen-bond donors (Lipinski definition) is 1. The van der Waals surface area contributed by atoms with Crippen LogP contribution in [0.5, 0.6) is 17.2 Å². The Morgan fingerprint density at radius 3 is 2.59 bits per heavy atom. The van der Waals surface area contributed by atoms with Crippen molar-refractivity contribution >= 4 is 29.7 Å². The fraction of sp³-hybridized carbons (Fsp3) is 0.125. The molecule has 0 aromatic heterocycles. The molecule has 0 saturated heterocycles. The largest absolute Gasteiger partial charge is 0.493 e. The van der Waals surface area contributed by atoms with E-state index in [-0.39, 0.29) is 17.9 Å². The number of rotatable bonds is 8. The second kappa shape index (κ2) is 11.0. The molecule has 0 saturated carbocycles. The lowest BCUT2D eigenvalue weighted by Gasteiger charge is -2.10. The minimum absolute atomic E-state index is 0.166. The van der Waals surface area contributed by atoms with Crippen molar-refractivity contribution in [1.29, 1.82) is 0 Å². The Kier molecular flexibility index (Phi) is 7.83. The molecule has 3 aromatic rings. The van der Waals surface area contributed by atoms with Gasteiger partial charge in [-0.3, -0.25) is 4.79 Å². The van der Waals surface area contributed by atoms with Crippen molar-refractivity contribution in [2.45, 2.75) is 6.92 Å². The normalized spacial score (nSPS) is 10.6. The summed E-state index contributed by atoms with van der Waals surface area (Å²) in [7, 11) is 1.45. The summed E-state index contributed by atoms with van der Waals surface area (Å²) in [5, 5.41) is 4.21. The predicted octanol–water partition coefficient (Wildman–Crippen LogP) is 4.41. The Morgan fingerprint density at radius 1 is 1.03 bits per heavy atom. The maximum atomic E-state index is 12.4. The molecule has 0 aliphatic heterocycles.